The van der Waals surface area contributed by atoms with E-state index in [1.165, 1.54) is 0 Å². The lowest BCUT2D eigenvalue weighted by Gasteiger charge is -2.54. The monoisotopic (exact) mass is 342 g/mol. The average molecular weight is 342 g/mol. The van der Waals surface area contributed by atoms with Gasteiger partial charge in [-0.3, -0.25) is 9.69 Å². The maximum absolute atomic E-state index is 12.5. The molecular formula is C18H22N4O3. The number of rotatable bonds is 4. The average Bonchev–Trinajstić information content (AvgIpc) is 3.09. The molecule has 2 aliphatic rings. The van der Waals surface area contributed by atoms with Crippen LogP contribution in [0.5, 0.6) is 0 Å². The van der Waals surface area contributed by atoms with Crippen molar-refractivity contribution in [3.8, 4) is 11.5 Å². The van der Waals surface area contributed by atoms with Crippen molar-refractivity contribution in [3.63, 3.8) is 0 Å². The first-order valence-corrected chi connectivity index (χ1v) is 8.62. The number of hydrogen-bond acceptors (Lipinski definition) is 6. The first-order valence-electron chi connectivity index (χ1n) is 8.62. The van der Waals surface area contributed by atoms with Crippen molar-refractivity contribution < 1.29 is 13.9 Å². The van der Waals surface area contributed by atoms with Crippen LogP contribution in [0, 0.1) is 0 Å². The first kappa shape index (κ1) is 16.2. The molecule has 3 heterocycles. The van der Waals surface area contributed by atoms with Crippen molar-refractivity contribution in [2.45, 2.75) is 18.9 Å². The van der Waals surface area contributed by atoms with Crippen LogP contribution in [0.3, 0.4) is 0 Å². The normalized spacial score (nSPS) is 20.3. The zero-order valence-electron chi connectivity index (χ0n) is 14.4. The van der Waals surface area contributed by atoms with Crippen molar-refractivity contribution in [3.05, 3.63) is 36.2 Å². The van der Waals surface area contributed by atoms with Gasteiger partial charge in [0.1, 0.15) is 6.42 Å². The van der Waals surface area contributed by atoms with E-state index in [-0.39, 0.29) is 17.9 Å². The molecular weight excluding hydrogens is 320 g/mol. The number of hydrogen-bond donors (Lipinski definition) is 0. The van der Waals surface area contributed by atoms with Crippen LogP contribution in [0.2, 0.25) is 0 Å². The van der Waals surface area contributed by atoms with Gasteiger partial charge in [-0.05, 0) is 19.1 Å². The van der Waals surface area contributed by atoms with Gasteiger partial charge >= 0.3 is 0 Å². The minimum Gasteiger partial charge on any atom is -0.420 e. The van der Waals surface area contributed by atoms with Crippen LogP contribution < -0.4 is 0 Å². The van der Waals surface area contributed by atoms with Crippen molar-refractivity contribution in [2.75, 3.05) is 39.4 Å². The van der Waals surface area contributed by atoms with Gasteiger partial charge in [0.05, 0.1) is 18.8 Å². The Morgan fingerprint density at radius 1 is 1.16 bits per heavy atom. The third-order valence-corrected chi connectivity index (χ3v) is 4.98. The largest absolute Gasteiger partial charge is 0.420 e. The highest BCUT2D eigenvalue weighted by atomic mass is 16.5. The van der Waals surface area contributed by atoms with Gasteiger partial charge in [0, 0.05) is 31.7 Å². The summed E-state index contributed by atoms with van der Waals surface area (Å²) in [6.45, 7) is 7.10. The third-order valence-electron chi connectivity index (χ3n) is 4.98. The molecule has 2 aliphatic heterocycles. The molecule has 0 N–H and O–H groups in total. The van der Waals surface area contributed by atoms with E-state index in [4.69, 9.17) is 9.15 Å². The predicted molar refractivity (Wildman–Crippen MR) is 90.8 cm³/mol. The van der Waals surface area contributed by atoms with E-state index in [1.807, 2.05) is 35.2 Å². The lowest BCUT2D eigenvalue weighted by molar-refractivity contribution is -0.148. The van der Waals surface area contributed by atoms with Gasteiger partial charge < -0.3 is 14.1 Å². The summed E-state index contributed by atoms with van der Waals surface area (Å²) < 4.78 is 11.0. The smallest absolute Gasteiger partial charge is 0.247 e. The van der Waals surface area contributed by atoms with Gasteiger partial charge in [0.2, 0.25) is 17.7 Å². The van der Waals surface area contributed by atoms with Gasteiger partial charge in [-0.25, -0.2) is 0 Å². The van der Waals surface area contributed by atoms with E-state index >= 15 is 0 Å². The zero-order chi connectivity index (χ0) is 17.3. The van der Waals surface area contributed by atoms with Gasteiger partial charge in [0.25, 0.3) is 0 Å². The molecule has 2 saturated heterocycles. The van der Waals surface area contributed by atoms with Crippen LogP contribution in [0.15, 0.2) is 34.7 Å². The Kier molecular flexibility index (Phi) is 4.27. The number of amides is 1. The van der Waals surface area contributed by atoms with E-state index in [2.05, 4.69) is 22.0 Å². The maximum atomic E-state index is 12.5. The molecule has 0 bridgehead atoms. The van der Waals surface area contributed by atoms with Crippen LogP contribution in [0.25, 0.3) is 11.5 Å². The van der Waals surface area contributed by atoms with Crippen molar-refractivity contribution in [1.82, 2.24) is 20.0 Å². The summed E-state index contributed by atoms with van der Waals surface area (Å²) >= 11 is 0. The van der Waals surface area contributed by atoms with Crippen LogP contribution >= 0.6 is 0 Å². The topological polar surface area (TPSA) is 71.7 Å². The molecule has 132 valence electrons. The number of benzene rings is 1. The lowest BCUT2D eigenvalue weighted by atomic mass is 9.89. The Morgan fingerprint density at radius 3 is 2.60 bits per heavy atom. The Bertz CT molecular complexity index is 734. The number of ether oxygens (including phenoxy) is 1. The second-order valence-electron chi connectivity index (χ2n) is 6.89. The summed E-state index contributed by atoms with van der Waals surface area (Å²) in [6, 6.07) is 9.57. The quantitative estimate of drug-likeness (QED) is 0.832. The summed E-state index contributed by atoms with van der Waals surface area (Å²) in [5.41, 5.74) is 0.918. The molecule has 1 aromatic carbocycles. The van der Waals surface area contributed by atoms with Crippen LogP contribution in [0.1, 0.15) is 12.8 Å². The maximum Gasteiger partial charge on any atom is 0.247 e. The SMILES string of the molecule is CC1(N2CCOCC2)CN(C(=O)Cc2nnc(-c3ccccc3)o2)C1. The highest BCUT2D eigenvalue weighted by Gasteiger charge is 2.45. The fourth-order valence-electron chi connectivity index (χ4n) is 3.52. The Balaban J connectivity index is 1.34. The van der Waals surface area contributed by atoms with Gasteiger partial charge in [0.15, 0.2) is 0 Å². The molecule has 25 heavy (non-hydrogen) atoms. The first-order chi connectivity index (χ1) is 12.1. The molecule has 0 radical (unpaired) electrons. The predicted octanol–water partition coefficient (Wildman–Crippen LogP) is 1.21. The number of aromatic nitrogens is 2. The van der Waals surface area contributed by atoms with Gasteiger partial charge in [-0.2, -0.15) is 0 Å². The minimum atomic E-state index is 0.0361. The molecule has 0 aliphatic carbocycles. The molecule has 4 rings (SSSR count). The van der Waals surface area contributed by atoms with Crippen LogP contribution in [-0.2, 0) is 16.0 Å². The van der Waals surface area contributed by atoms with E-state index in [1.54, 1.807) is 0 Å². The highest BCUT2D eigenvalue weighted by Crippen LogP contribution is 2.29. The molecule has 0 atom stereocenters. The molecule has 0 spiro atoms. The Labute approximate surface area is 146 Å². The summed E-state index contributed by atoms with van der Waals surface area (Å²) in [4.78, 5) is 16.7. The van der Waals surface area contributed by atoms with Crippen LogP contribution in [0.4, 0.5) is 0 Å². The molecule has 7 nitrogen and oxygen atoms in total. The van der Waals surface area contributed by atoms with E-state index in [9.17, 15) is 4.79 Å². The number of likely N-dealkylation sites (tertiary alicyclic amines) is 1. The second-order valence-corrected chi connectivity index (χ2v) is 6.89. The van der Waals surface area contributed by atoms with E-state index < -0.39 is 0 Å². The molecule has 1 aromatic heterocycles. The number of carbonyl (C=O) groups excluding carboxylic acids is 1. The van der Waals surface area contributed by atoms with E-state index in [0.717, 1.165) is 45.0 Å². The number of nitrogens with zero attached hydrogens (tertiary/aromatic N) is 4. The van der Waals surface area contributed by atoms with Crippen molar-refractivity contribution in [1.29, 1.82) is 0 Å². The molecule has 2 fully saturated rings. The third kappa shape index (κ3) is 3.29. The fraction of sp³-hybridized carbons (Fsp3) is 0.500. The van der Waals surface area contributed by atoms with Gasteiger partial charge in [-0.15, -0.1) is 10.2 Å². The van der Waals surface area contributed by atoms with Crippen molar-refractivity contribution in [2.24, 2.45) is 0 Å². The molecule has 7 heteroatoms. The molecule has 2 aromatic rings. The number of carbonyl (C=O) groups is 1. The second kappa shape index (κ2) is 6.57. The summed E-state index contributed by atoms with van der Waals surface area (Å²) in [6.07, 6.45) is 0.152. The Morgan fingerprint density at radius 2 is 1.88 bits per heavy atom. The number of morpholine rings is 1. The van der Waals surface area contributed by atoms with Gasteiger partial charge in [-0.1, -0.05) is 18.2 Å². The Hall–Kier alpha value is -2.25. The van der Waals surface area contributed by atoms with Crippen LogP contribution in [-0.4, -0.2) is 70.8 Å². The molecule has 0 saturated carbocycles. The summed E-state index contributed by atoms with van der Waals surface area (Å²) in [7, 11) is 0. The fourth-order valence-corrected chi connectivity index (χ4v) is 3.52. The standard InChI is InChI=1S/C18H22N4O3/c1-18(22-7-9-24-10-8-22)12-21(13-18)16(23)11-15-19-20-17(25-15)14-5-3-2-4-6-14/h2-6H,7-13H2,1H3. The molecule has 0 unspecified atom stereocenters. The minimum absolute atomic E-state index is 0.0361. The molecule has 1 amide bonds. The van der Waals surface area contributed by atoms with E-state index in [0.29, 0.717) is 11.8 Å². The zero-order valence-corrected chi connectivity index (χ0v) is 14.4. The summed E-state index contributed by atoms with van der Waals surface area (Å²) in [5.74, 6) is 0.850. The summed E-state index contributed by atoms with van der Waals surface area (Å²) in [5, 5.41) is 8.04. The highest BCUT2D eigenvalue weighted by molar-refractivity contribution is 5.79. The lowest BCUT2D eigenvalue weighted by Crippen LogP contribution is -2.71. The van der Waals surface area contributed by atoms with Crippen molar-refractivity contribution >= 4 is 5.91 Å².